The molecule has 0 heterocycles. The van der Waals surface area contributed by atoms with Crippen LogP contribution >= 0.6 is 24.0 Å². The molecule has 0 spiro atoms. The number of guanidine groups is 1. The van der Waals surface area contributed by atoms with Crippen LogP contribution in [0.2, 0.25) is 0 Å². The summed E-state index contributed by atoms with van der Waals surface area (Å²) in [7, 11) is 6.73. The van der Waals surface area contributed by atoms with E-state index in [-0.39, 0.29) is 36.4 Å². The molecular weight excluding hydrogens is 483 g/mol. The number of halogens is 1. The normalized spacial score (nSPS) is 10.6. The summed E-state index contributed by atoms with van der Waals surface area (Å²) in [6.45, 7) is 1.16. The molecule has 0 saturated carbocycles. The second-order valence-electron chi connectivity index (χ2n) is 6.32. The van der Waals surface area contributed by atoms with E-state index in [1.165, 1.54) is 4.90 Å². The summed E-state index contributed by atoms with van der Waals surface area (Å²) in [5, 5.41) is 6.34. The molecule has 7 nitrogen and oxygen atoms in total. The Hall–Kier alpha value is -2.49. The number of carbonyl (C=O) groups is 1. The number of para-hydroxylation sites is 1. The zero-order valence-electron chi connectivity index (χ0n) is 17.3. The molecule has 0 aliphatic heterocycles. The maximum Gasteiger partial charge on any atom is 0.241 e. The Morgan fingerprint density at radius 2 is 1.69 bits per heavy atom. The maximum atomic E-state index is 11.9. The number of hydrogen-bond donors (Lipinski definition) is 2. The van der Waals surface area contributed by atoms with Crippen LogP contribution in [0, 0.1) is 0 Å². The van der Waals surface area contributed by atoms with Crippen molar-refractivity contribution >= 4 is 35.8 Å². The highest BCUT2D eigenvalue weighted by Gasteiger charge is 2.08. The minimum absolute atomic E-state index is 0. The summed E-state index contributed by atoms with van der Waals surface area (Å²) in [6.07, 6.45) is 0. The number of methoxy groups -OCH3 is 2. The van der Waals surface area contributed by atoms with Crippen molar-refractivity contribution in [3.05, 3.63) is 59.7 Å². The summed E-state index contributed by atoms with van der Waals surface area (Å²) in [5.41, 5.74) is 2.04. The molecule has 8 heteroatoms. The van der Waals surface area contributed by atoms with Gasteiger partial charge in [0.1, 0.15) is 11.5 Å². The summed E-state index contributed by atoms with van der Waals surface area (Å²) >= 11 is 0. The van der Waals surface area contributed by atoms with Gasteiger partial charge in [0.2, 0.25) is 5.91 Å². The zero-order chi connectivity index (χ0) is 20.4. The van der Waals surface area contributed by atoms with E-state index in [0.29, 0.717) is 19.0 Å². The molecule has 0 aliphatic rings. The predicted molar refractivity (Wildman–Crippen MR) is 126 cm³/mol. The number of aliphatic imine (C=N–C) groups is 1. The molecule has 2 rings (SSSR count). The Balaban J connectivity index is 0.00000420. The van der Waals surface area contributed by atoms with Gasteiger partial charge in [-0.2, -0.15) is 0 Å². The van der Waals surface area contributed by atoms with Crippen molar-refractivity contribution in [2.45, 2.75) is 13.1 Å². The third kappa shape index (κ3) is 8.18. The zero-order valence-corrected chi connectivity index (χ0v) is 19.6. The van der Waals surface area contributed by atoms with Gasteiger partial charge in [0.15, 0.2) is 5.96 Å². The lowest BCUT2D eigenvalue weighted by atomic mass is 10.2. The van der Waals surface area contributed by atoms with Crippen LogP contribution in [0.5, 0.6) is 11.5 Å². The highest BCUT2D eigenvalue weighted by atomic mass is 127. The first-order valence-electron chi connectivity index (χ1n) is 9.00. The molecule has 29 heavy (non-hydrogen) atoms. The predicted octanol–water partition coefficient (Wildman–Crippen LogP) is 2.65. The summed E-state index contributed by atoms with van der Waals surface area (Å²) < 4.78 is 10.6. The van der Waals surface area contributed by atoms with Gasteiger partial charge in [-0.05, 0) is 23.8 Å². The lowest BCUT2D eigenvalue weighted by Gasteiger charge is -2.16. The van der Waals surface area contributed by atoms with Crippen LogP contribution in [0.25, 0.3) is 0 Å². The first-order valence-corrected chi connectivity index (χ1v) is 9.00. The average molecular weight is 512 g/mol. The van der Waals surface area contributed by atoms with E-state index in [1.54, 1.807) is 28.3 Å². The van der Waals surface area contributed by atoms with Crippen molar-refractivity contribution in [3.8, 4) is 11.5 Å². The fraction of sp³-hybridized carbons (Fsp3) is 0.333. The number of nitrogens with one attached hydrogen (secondary N) is 2. The summed E-state index contributed by atoms with van der Waals surface area (Å²) in [5.74, 6) is 2.12. The molecule has 0 fully saturated rings. The van der Waals surface area contributed by atoms with Crippen LogP contribution in [0.3, 0.4) is 0 Å². The van der Waals surface area contributed by atoms with Gasteiger partial charge in [-0.15, -0.1) is 24.0 Å². The SMILES string of the molecule is COc1ccc(CN=C(NCC(=O)N(C)C)NCc2ccccc2OC)cc1.I. The number of carbonyl (C=O) groups excluding carboxylic acids is 1. The fourth-order valence-corrected chi connectivity index (χ4v) is 2.42. The van der Waals surface area contributed by atoms with Gasteiger partial charge in [-0.25, -0.2) is 4.99 Å². The lowest BCUT2D eigenvalue weighted by molar-refractivity contribution is -0.127. The van der Waals surface area contributed by atoms with Crippen molar-refractivity contribution in [2.24, 2.45) is 4.99 Å². The molecule has 2 aromatic carbocycles. The van der Waals surface area contributed by atoms with E-state index in [2.05, 4.69) is 15.6 Å². The molecule has 2 aromatic rings. The van der Waals surface area contributed by atoms with E-state index in [1.807, 2.05) is 48.5 Å². The van der Waals surface area contributed by atoms with Gasteiger partial charge in [0.05, 0.1) is 27.3 Å². The van der Waals surface area contributed by atoms with E-state index in [0.717, 1.165) is 22.6 Å². The lowest BCUT2D eigenvalue weighted by Crippen LogP contribution is -2.42. The molecule has 158 valence electrons. The van der Waals surface area contributed by atoms with E-state index in [4.69, 9.17) is 9.47 Å². The Bertz CT molecular complexity index is 795. The third-order valence-electron chi connectivity index (χ3n) is 4.12. The van der Waals surface area contributed by atoms with Crippen LogP contribution in [0.15, 0.2) is 53.5 Å². The number of hydrogen-bond acceptors (Lipinski definition) is 4. The minimum Gasteiger partial charge on any atom is -0.497 e. The standard InChI is InChI=1S/C21H28N4O3.HI/c1-25(2)20(26)15-24-21(22-13-16-9-11-18(27-3)12-10-16)23-14-17-7-5-6-8-19(17)28-4;/h5-12H,13-15H2,1-4H3,(H2,22,23,24);1H. The molecule has 0 unspecified atom stereocenters. The molecule has 1 amide bonds. The second kappa shape index (κ2) is 12.9. The molecule has 0 bridgehead atoms. The van der Waals surface area contributed by atoms with Crippen molar-refractivity contribution in [1.82, 2.24) is 15.5 Å². The molecule has 0 saturated heterocycles. The fourth-order valence-electron chi connectivity index (χ4n) is 2.42. The van der Waals surface area contributed by atoms with Crippen molar-refractivity contribution in [1.29, 1.82) is 0 Å². The van der Waals surface area contributed by atoms with Crippen molar-refractivity contribution < 1.29 is 14.3 Å². The molecule has 0 aliphatic carbocycles. The van der Waals surface area contributed by atoms with Gasteiger partial charge in [0.25, 0.3) is 0 Å². The number of nitrogens with zero attached hydrogens (tertiary/aromatic N) is 2. The Labute approximate surface area is 189 Å². The van der Waals surface area contributed by atoms with E-state index < -0.39 is 0 Å². The molecular formula is C21H29IN4O3. The van der Waals surface area contributed by atoms with E-state index >= 15 is 0 Å². The molecule has 2 N–H and O–H groups in total. The molecule has 0 aromatic heterocycles. The third-order valence-corrected chi connectivity index (χ3v) is 4.12. The topological polar surface area (TPSA) is 75.2 Å². The highest BCUT2D eigenvalue weighted by Crippen LogP contribution is 2.16. The number of rotatable bonds is 8. The van der Waals surface area contributed by atoms with Gasteiger partial charge < -0.3 is 25.0 Å². The minimum atomic E-state index is -0.0313. The Morgan fingerprint density at radius 3 is 2.31 bits per heavy atom. The number of likely N-dealkylation sites (N-methyl/N-ethyl adjacent to an activating group) is 1. The van der Waals surface area contributed by atoms with Gasteiger partial charge in [0, 0.05) is 26.2 Å². The Morgan fingerprint density at radius 1 is 1.00 bits per heavy atom. The van der Waals surface area contributed by atoms with Gasteiger partial charge in [-0.1, -0.05) is 30.3 Å². The maximum absolute atomic E-state index is 11.9. The van der Waals surface area contributed by atoms with Crippen molar-refractivity contribution in [3.63, 3.8) is 0 Å². The van der Waals surface area contributed by atoms with E-state index in [9.17, 15) is 4.79 Å². The largest absolute Gasteiger partial charge is 0.497 e. The van der Waals surface area contributed by atoms with Crippen LogP contribution in [0.1, 0.15) is 11.1 Å². The first kappa shape index (κ1) is 24.5. The van der Waals surface area contributed by atoms with Gasteiger partial charge in [-0.3, -0.25) is 4.79 Å². The first-order chi connectivity index (χ1) is 13.5. The highest BCUT2D eigenvalue weighted by molar-refractivity contribution is 14.0. The number of ether oxygens (including phenoxy) is 2. The Kier molecular flexibility index (Phi) is 10.9. The molecule has 0 atom stereocenters. The average Bonchev–Trinajstić information content (AvgIpc) is 2.73. The molecule has 0 radical (unpaired) electrons. The monoisotopic (exact) mass is 512 g/mol. The quantitative estimate of drug-likeness (QED) is 0.323. The van der Waals surface area contributed by atoms with Crippen molar-refractivity contribution in [2.75, 3.05) is 34.9 Å². The summed E-state index contributed by atoms with van der Waals surface area (Å²) in [4.78, 5) is 18.0. The number of amides is 1. The van der Waals surface area contributed by atoms with Gasteiger partial charge >= 0.3 is 0 Å². The van der Waals surface area contributed by atoms with Crippen LogP contribution in [0.4, 0.5) is 0 Å². The smallest absolute Gasteiger partial charge is 0.241 e. The summed E-state index contributed by atoms with van der Waals surface area (Å²) in [6, 6.07) is 15.5. The van der Waals surface area contributed by atoms with Crippen LogP contribution in [-0.4, -0.2) is 51.6 Å². The van der Waals surface area contributed by atoms with Crippen LogP contribution in [-0.2, 0) is 17.9 Å². The number of benzene rings is 2. The van der Waals surface area contributed by atoms with Crippen LogP contribution < -0.4 is 20.1 Å². The second-order valence-corrected chi connectivity index (χ2v) is 6.32.